The first kappa shape index (κ1) is 15.0. The summed E-state index contributed by atoms with van der Waals surface area (Å²) >= 11 is 0. The molecule has 2 N–H and O–H groups in total. The second-order valence-electron chi connectivity index (χ2n) is 8.13. The summed E-state index contributed by atoms with van der Waals surface area (Å²) in [7, 11) is 0. The number of amides is 2. The zero-order valence-corrected chi connectivity index (χ0v) is 14.1. The van der Waals surface area contributed by atoms with Gasteiger partial charge in [0.15, 0.2) is 0 Å². The van der Waals surface area contributed by atoms with Gasteiger partial charge < -0.3 is 10.6 Å². The summed E-state index contributed by atoms with van der Waals surface area (Å²) in [6.45, 7) is 3.62. The van der Waals surface area contributed by atoms with Crippen molar-refractivity contribution in [3.05, 3.63) is 18.0 Å². The number of rotatable bonds is 5. The van der Waals surface area contributed by atoms with E-state index in [0.29, 0.717) is 6.54 Å². The molecule has 0 aliphatic heterocycles. The molecule has 0 saturated heterocycles. The normalized spacial score (nSPS) is 34.6. The van der Waals surface area contributed by atoms with E-state index in [1.807, 2.05) is 16.9 Å². The first-order valence-corrected chi connectivity index (χ1v) is 9.16. The summed E-state index contributed by atoms with van der Waals surface area (Å²) in [6.07, 6.45) is 10.6. The van der Waals surface area contributed by atoms with Gasteiger partial charge in [0.25, 0.3) is 0 Å². The third kappa shape index (κ3) is 3.10. The van der Waals surface area contributed by atoms with Gasteiger partial charge in [-0.1, -0.05) is 0 Å². The van der Waals surface area contributed by atoms with Gasteiger partial charge in [-0.05, 0) is 75.7 Å². The first-order chi connectivity index (χ1) is 11.1. The Morgan fingerprint density at radius 1 is 1.26 bits per heavy atom. The molecule has 126 valence electrons. The predicted molar refractivity (Wildman–Crippen MR) is 89.0 cm³/mol. The van der Waals surface area contributed by atoms with E-state index in [1.54, 1.807) is 0 Å². The molecule has 0 unspecified atom stereocenters. The zero-order valence-electron chi connectivity index (χ0n) is 14.1. The molecule has 4 aliphatic carbocycles. The lowest BCUT2D eigenvalue weighted by molar-refractivity contribution is -0.0135. The molecule has 2 amide bonds. The number of hydrogen-bond donors (Lipinski definition) is 2. The number of hydrogen-bond acceptors (Lipinski definition) is 2. The van der Waals surface area contributed by atoms with Crippen LogP contribution in [0.2, 0.25) is 0 Å². The third-order valence-corrected chi connectivity index (χ3v) is 6.18. The van der Waals surface area contributed by atoms with Gasteiger partial charge in [-0.15, -0.1) is 0 Å². The van der Waals surface area contributed by atoms with Crippen LogP contribution >= 0.6 is 0 Å². The smallest absolute Gasteiger partial charge is 0.315 e. The Morgan fingerprint density at radius 3 is 2.48 bits per heavy atom. The number of nitrogens with zero attached hydrogens (tertiary/aromatic N) is 2. The van der Waals surface area contributed by atoms with Crippen LogP contribution in [0.4, 0.5) is 4.79 Å². The van der Waals surface area contributed by atoms with Crippen molar-refractivity contribution in [3.63, 3.8) is 0 Å². The van der Waals surface area contributed by atoms with Crippen LogP contribution < -0.4 is 10.6 Å². The Bertz CT molecular complexity index is 544. The summed E-state index contributed by atoms with van der Waals surface area (Å²) < 4.78 is 1.98. The molecule has 4 aliphatic rings. The van der Waals surface area contributed by atoms with E-state index in [2.05, 4.69) is 22.7 Å². The summed E-state index contributed by atoms with van der Waals surface area (Å²) in [4.78, 5) is 12.3. The second kappa shape index (κ2) is 5.84. The summed E-state index contributed by atoms with van der Waals surface area (Å²) in [5.41, 5.74) is 1.28. The quantitative estimate of drug-likeness (QED) is 0.821. The van der Waals surface area contributed by atoms with Gasteiger partial charge in [0.1, 0.15) is 0 Å². The van der Waals surface area contributed by atoms with E-state index in [9.17, 15) is 4.79 Å². The van der Waals surface area contributed by atoms with E-state index in [4.69, 9.17) is 0 Å². The Balaban J connectivity index is 1.23. The fraction of sp³-hybridized carbons (Fsp3) is 0.778. The number of carbonyl (C=O) groups is 1. The predicted octanol–water partition coefficient (Wildman–Crippen LogP) is 2.85. The Kier molecular flexibility index (Phi) is 3.82. The number of carbonyl (C=O) groups excluding carboxylic acids is 1. The van der Waals surface area contributed by atoms with E-state index < -0.39 is 0 Å². The van der Waals surface area contributed by atoms with Gasteiger partial charge in [-0.25, -0.2) is 4.79 Å². The molecule has 0 aromatic carbocycles. The number of nitrogens with one attached hydrogen (secondary N) is 2. The van der Waals surface area contributed by atoms with Crippen molar-refractivity contribution in [2.75, 3.05) is 6.54 Å². The maximum atomic E-state index is 12.3. The van der Waals surface area contributed by atoms with Crippen LogP contribution in [0.25, 0.3) is 0 Å². The standard InChI is InChI=1S/C18H28N4O/c1-13-3-5-20-22(13)6-2-4-19-17(23)21-18-10-14-7-15(11-18)9-16(8-14)12-18/h3,5,14-16H,2,4,6-12H2,1H3,(H2,19,21,23). The van der Waals surface area contributed by atoms with Crippen LogP contribution in [0.5, 0.6) is 0 Å². The number of aromatic nitrogens is 2. The molecule has 23 heavy (non-hydrogen) atoms. The highest BCUT2D eigenvalue weighted by Crippen LogP contribution is 2.55. The molecule has 0 radical (unpaired) electrons. The summed E-state index contributed by atoms with van der Waals surface area (Å²) in [6, 6.07) is 2.04. The van der Waals surface area contributed by atoms with Crippen molar-refractivity contribution in [1.29, 1.82) is 0 Å². The average Bonchev–Trinajstić information content (AvgIpc) is 2.87. The SMILES string of the molecule is Cc1ccnn1CCCNC(=O)NC12CC3CC(CC(C3)C1)C2. The van der Waals surface area contributed by atoms with Crippen LogP contribution in [-0.4, -0.2) is 27.9 Å². The monoisotopic (exact) mass is 316 g/mol. The zero-order chi connectivity index (χ0) is 15.9. The van der Waals surface area contributed by atoms with E-state index in [1.165, 1.54) is 44.2 Å². The molecule has 1 heterocycles. The molecule has 5 rings (SSSR count). The molecule has 4 saturated carbocycles. The van der Waals surface area contributed by atoms with Gasteiger partial charge >= 0.3 is 6.03 Å². The van der Waals surface area contributed by atoms with Crippen molar-refractivity contribution < 1.29 is 4.79 Å². The van der Waals surface area contributed by atoms with Crippen molar-refractivity contribution >= 4 is 6.03 Å². The molecule has 0 spiro atoms. The van der Waals surface area contributed by atoms with Crippen molar-refractivity contribution in [1.82, 2.24) is 20.4 Å². The van der Waals surface area contributed by atoms with Crippen LogP contribution in [0.3, 0.4) is 0 Å². The molecule has 4 bridgehead atoms. The molecule has 0 atom stereocenters. The third-order valence-electron chi connectivity index (χ3n) is 6.18. The maximum absolute atomic E-state index is 12.3. The molecule has 4 fully saturated rings. The molecule has 5 heteroatoms. The van der Waals surface area contributed by atoms with Crippen LogP contribution in [0, 0.1) is 24.7 Å². The van der Waals surface area contributed by atoms with Gasteiger partial charge in [0, 0.05) is 30.5 Å². The van der Waals surface area contributed by atoms with Crippen molar-refractivity contribution in [2.45, 2.75) is 64.0 Å². The first-order valence-electron chi connectivity index (χ1n) is 9.16. The van der Waals surface area contributed by atoms with E-state index in [-0.39, 0.29) is 11.6 Å². The van der Waals surface area contributed by atoms with Crippen molar-refractivity contribution in [3.8, 4) is 0 Å². The topological polar surface area (TPSA) is 59.0 Å². The molecule has 1 aromatic rings. The minimum atomic E-state index is 0.0316. The van der Waals surface area contributed by atoms with Crippen LogP contribution in [0.15, 0.2) is 12.3 Å². The number of aryl methyl sites for hydroxylation is 2. The van der Waals surface area contributed by atoms with Gasteiger partial charge in [0.2, 0.25) is 0 Å². The lowest BCUT2D eigenvalue weighted by atomic mass is 9.53. The lowest BCUT2D eigenvalue weighted by Gasteiger charge is -2.56. The molecule has 1 aromatic heterocycles. The Morgan fingerprint density at radius 2 is 1.91 bits per heavy atom. The molecule has 5 nitrogen and oxygen atoms in total. The number of urea groups is 1. The lowest BCUT2D eigenvalue weighted by Crippen LogP contribution is -2.61. The fourth-order valence-electron chi connectivity index (χ4n) is 5.61. The van der Waals surface area contributed by atoms with Gasteiger partial charge in [0.05, 0.1) is 0 Å². The van der Waals surface area contributed by atoms with Crippen molar-refractivity contribution in [2.24, 2.45) is 17.8 Å². The largest absolute Gasteiger partial charge is 0.338 e. The maximum Gasteiger partial charge on any atom is 0.315 e. The van der Waals surface area contributed by atoms with Gasteiger partial charge in [-0.3, -0.25) is 4.68 Å². The fourth-order valence-corrected chi connectivity index (χ4v) is 5.61. The molecular formula is C18H28N4O. The minimum absolute atomic E-state index is 0.0316. The van der Waals surface area contributed by atoms with E-state index >= 15 is 0 Å². The van der Waals surface area contributed by atoms with Crippen LogP contribution in [0.1, 0.15) is 50.6 Å². The average molecular weight is 316 g/mol. The highest BCUT2D eigenvalue weighted by molar-refractivity contribution is 5.74. The van der Waals surface area contributed by atoms with Gasteiger partial charge in [-0.2, -0.15) is 5.10 Å². The summed E-state index contributed by atoms with van der Waals surface area (Å²) in [5, 5.41) is 10.7. The molecular weight excluding hydrogens is 288 g/mol. The van der Waals surface area contributed by atoms with Crippen LogP contribution in [-0.2, 0) is 6.54 Å². The second-order valence-corrected chi connectivity index (χ2v) is 8.13. The Labute approximate surface area is 138 Å². The Hall–Kier alpha value is -1.52. The minimum Gasteiger partial charge on any atom is -0.338 e. The highest BCUT2D eigenvalue weighted by Gasteiger charge is 2.51. The highest BCUT2D eigenvalue weighted by atomic mass is 16.2. The summed E-state index contributed by atoms with van der Waals surface area (Å²) in [5.74, 6) is 2.60. The van der Waals surface area contributed by atoms with E-state index in [0.717, 1.165) is 30.7 Å².